The third-order valence-corrected chi connectivity index (χ3v) is 7.45. The Morgan fingerprint density at radius 1 is 1.07 bits per heavy atom. The van der Waals surface area contributed by atoms with Crippen molar-refractivity contribution in [1.29, 1.82) is 0 Å². The van der Waals surface area contributed by atoms with Crippen molar-refractivity contribution >= 4 is 27.3 Å². The van der Waals surface area contributed by atoms with Crippen molar-refractivity contribution in [3.63, 3.8) is 0 Å². The van der Waals surface area contributed by atoms with Gasteiger partial charge in [-0.15, -0.1) is 0 Å². The highest BCUT2D eigenvalue weighted by atomic mass is 32.2. The molecular weight excluding hydrogens is 400 g/mol. The quantitative estimate of drug-likeness (QED) is 0.775. The average molecular weight is 431 g/mol. The maximum Gasteiger partial charge on any atom is 0.262 e. The monoisotopic (exact) mass is 430 g/mol. The SMILES string of the molecule is CCN1C(=O)C(C)(C)COc2ccc(NS(=O)(=O)c3c(C)c(C)cc(C)c3C)cc21. The summed E-state index contributed by atoms with van der Waals surface area (Å²) in [6, 6.07) is 7.05. The number of carbonyl (C=O) groups is 1. The van der Waals surface area contributed by atoms with E-state index in [-0.39, 0.29) is 12.5 Å². The van der Waals surface area contributed by atoms with Crippen molar-refractivity contribution in [2.45, 2.75) is 53.4 Å². The molecule has 0 radical (unpaired) electrons. The van der Waals surface area contributed by atoms with Gasteiger partial charge in [-0.3, -0.25) is 9.52 Å². The van der Waals surface area contributed by atoms with Gasteiger partial charge in [0, 0.05) is 6.54 Å². The molecule has 6 nitrogen and oxygen atoms in total. The van der Waals surface area contributed by atoms with Crippen LogP contribution in [0.2, 0.25) is 0 Å². The van der Waals surface area contributed by atoms with E-state index in [0.29, 0.717) is 28.6 Å². The van der Waals surface area contributed by atoms with Gasteiger partial charge in [0.2, 0.25) is 5.91 Å². The Bertz CT molecular complexity index is 1090. The Morgan fingerprint density at radius 3 is 2.23 bits per heavy atom. The van der Waals surface area contributed by atoms with Crippen LogP contribution in [-0.4, -0.2) is 27.5 Å². The Kier molecular flexibility index (Phi) is 5.62. The Labute approximate surface area is 179 Å². The van der Waals surface area contributed by atoms with Crippen LogP contribution in [0.15, 0.2) is 29.2 Å². The third kappa shape index (κ3) is 3.78. The summed E-state index contributed by atoms with van der Waals surface area (Å²) in [5, 5.41) is 0. The van der Waals surface area contributed by atoms with Crippen LogP contribution in [0.1, 0.15) is 43.0 Å². The van der Waals surface area contributed by atoms with E-state index >= 15 is 0 Å². The zero-order valence-corrected chi connectivity index (χ0v) is 19.5. The molecule has 7 heteroatoms. The van der Waals surface area contributed by atoms with Crippen molar-refractivity contribution in [3.8, 4) is 5.75 Å². The molecule has 0 bridgehead atoms. The summed E-state index contributed by atoms with van der Waals surface area (Å²) < 4.78 is 35.1. The smallest absolute Gasteiger partial charge is 0.262 e. The molecule has 162 valence electrons. The van der Waals surface area contributed by atoms with Crippen LogP contribution in [0.4, 0.5) is 11.4 Å². The first-order chi connectivity index (χ1) is 13.9. The van der Waals surface area contributed by atoms with Gasteiger partial charge in [0.1, 0.15) is 12.4 Å². The van der Waals surface area contributed by atoms with E-state index in [9.17, 15) is 13.2 Å². The fourth-order valence-corrected chi connectivity index (χ4v) is 5.48. The number of benzene rings is 2. The van der Waals surface area contributed by atoms with E-state index in [1.54, 1.807) is 23.1 Å². The van der Waals surface area contributed by atoms with Crippen LogP contribution in [-0.2, 0) is 14.8 Å². The molecule has 30 heavy (non-hydrogen) atoms. The normalized spacial score (nSPS) is 16.0. The summed E-state index contributed by atoms with van der Waals surface area (Å²) in [4.78, 5) is 14.9. The molecule has 0 aliphatic carbocycles. The van der Waals surface area contributed by atoms with Crippen molar-refractivity contribution in [3.05, 3.63) is 46.5 Å². The molecule has 0 spiro atoms. The molecule has 0 atom stereocenters. The molecule has 0 unspecified atom stereocenters. The minimum absolute atomic E-state index is 0.0512. The highest BCUT2D eigenvalue weighted by molar-refractivity contribution is 7.92. The van der Waals surface area contributed by atoms with Gasteiger partial charge in [0.05, 0.1) is 21.7 Å². The number of nitrogens with one attached hydrogen (secondary N) is 1. The Morgan fingerprint density at radius 2 is 1.67 bits per heavy atom. The number of nitrogens with zero attached hydrogens (tertiary/aromatic N) is 1. The number of anilines is 2. The molecule has 2 aromatic rings. The van der Waals surface area contributed by atoms with E-state index in [0.717, 1.165) is 22.3 Å². The molecule has 0 fully saturated rings. The fraction of sp³-hybridized carbons (Fsp3) is 0.435. The molecule has 1 heterocycles. The first-order valence-corrected chi connectivity index (χ1v) is 11.6. The van der Waals surface area contributed by atoms with Crippen LogP contribution in [0.25, 0.3) is 0 Å². The minimum atomic E-state index is -3.81. The molecule has 1 aliphatic rings. The topological polar surface area (TPSA) is 75.7 Å². The van der Waals surface area contributed by atoms with Crippen molar-refractivity contribution in [2.24, 2.45) is 5.41 Å². The second kappa shape index (κ2) is 7.61. The number of rotatable bonds is 4. The lowest BCUT2D eigenvalue weighted by molar-refractivity contribution is -0.127. The summed E-state index contributed by atoms with van der Waals surface area (Å²) in [5.41, 5.74) is 3.62. The first kappa shape index (κ1) is 22.2. The van der Waals surface area contributed by atoms with Crippen molar-refractivity contribution in [1.82, 2.24) is 0 Å². The van der Waals surface area contributed by atoms with Gasteiger partial charge in [0.25, 0.3) is 10.0 Å². The van der Waals surface area contributed by atoms with Crippen molar-refractivity contribution < 1.29 is 17.9 Å². The second-order valence-electron chi connectivity index (χ2n) is 8.60. The van der Waals surface area contributed by atoms with Gasteiger partial charge in [-0.1, -0.05) is 6.07 Å². The van der Waals surface area contributed by atoms with Crippen LogP contribution in [0.5, 0.6) is 5.75 Å². The lowest BCUT2D eigenvalue weighted by Crippen LogP contribution is -2.42. The summed E-state index contributed by atoms with van der Waals surface area (Å²) in [7, 11) is -3.81. The van der Waals surface area contributed by atoms with Gasteiger partial charge in [-0.25, -0.2) is 8.42 Å². The highest BCUT2D eigenvalue weighted by Gasteiger charge is 2.37. The minimum Gasteiger partial charge on any atom is -0.490 e. The lowest BCUT2D eigenvalue weighted by Gasteiger charge is -2.27. The Balaban J connectivity index is 2.06. The molecule has 2 aromatic carbocycles. The number of ether oxygens (including phenoxy) is 1. The third-order valence-electron chi connectivity index (χ3n) is 5.80. The second-order valence-corrected chi connectivity index (χ2v) is 10.2. The van der Waals surface area contributed by atoms with Crippen LogP contribution in [0, 0.1) is 33.1 Å². The molecule has 1 amide bonds. The summed E-state index contributed by atoms with van der Waals surface area (Å²) in [5.74, 6) is 0.516. The van der Waals surface area contributed by atoms with E-state index in [2.05, 4.69) is 4.72 Å². The van der Waals surface area contributed by atoms with Gasteiger partial charge in [-0.2, -0.15) is 0 Å². The van der Waals surface area contributed by atoms with Crippen LogP contribution >= 0.6 is 0 Å². The number of hydrogen-bond acceptors (Lipinski definition) is 4. The molecular formula is C23H30N2O4S. The number of sulfonamides is 1. The van der Waals surface area contributed by atoms with Crippen LogP contribution in [0.3, 0.4) is 0 Å². The maximum absolute atomic E-state index is 13.3. The predicted octanol–water partition coefficient (Wildman–Crippen LogP) is 4.49. The number of amides is 1. The van der Waals surface area contributed by atoms with E-state index < -0.39 is 15.4 Å². The zero-order valence-electron chi connectivity index (χ0n) is 18.7. The largest absolute Gasteiger partial charge is 0.490 e. The van der Waals surface area contributed by atoms with E-state index in [1.807, 2.05) is 54.5 Å². The molecule has 1 aliphatic heterocycles. The summed E-state index contributed by atoms with van der Waals surface area (Å²) >= 11 is 0. The lowest BCUT2D eigenvalue weighted by atomic mass is 9.93. The summed E-state index contributed by atoms with van der Waals surface area (Å²) in [6.45, 7) is 13.8. The summed E-state index contributed by atoms with van der Waals surface area (Å²) in [6.07, 6.45) is 0. The number of hydrogen-bond donors (Lipinski definition) is 1. The number of carbonyl (C=O) groups excluding carboxylic acids is 1. The van der Waals surface area contributed by atoms with Gasteiger partial charge in [-0.05, 0) is 88.9 Å². The van der Waals surface area contributed by atoms with Gasteiger partial charge < -0.3 is 9.64 Å². The van der Waals surface area contributed by atoms with Gasteiger partial charge >= 0.3 is 0 Å². The van der Waals surface area contributed by atoms with Crippen LogP contribution < -0.4 is 14.4 Å². The first-order valence-electron chi connectivity index (χ1n) is 10.1. The fourth-order valence-electron chi connectivity index (χ4n) is 3.81. The molecule has 0 aromatic heterocycles. The number of fused-ring (bicyclic) bond motifs is 1. The molecule has 0 saturated heterocycles. The van der Waals surface area contributed by atoms with Gasteiger partial charge in [0.15, 0.2) is 0 Å². The standard InChI is InChI=1S/C23H30N2O4S/c1-8-25-19-12-18(9-10-20(19)29-13-23(6,7)22(25)26)24-30(27,28)21-16(4)14(2)11-15(3)17(21)5/h9-12,24H,8,13H2,1-7H3. The maximum atomic E-state index is 13.3. The van der Waals surface area contributed by atoms with E-state index in [4.69, 9.17) is 4.74 Å². The number of aryl methyl sites for hydroxylation is 2. The molecule has 3 rings (SSSR count). The molecule has 0 saturated carbocycles. The Hall–Kier alpha value is -2.54. The predicted molar refractivity (Wildman–Crippen MR) is 120 cm³/mol. The van der Waals surface area contributed by atoms with Crippen molar-refractivity contribution in [2.75, 3.05) is 22.8 Å². The van der Waals surface area contributed by atoms with E-state index in [1.165, 1.54) is 0 Å². The average Bonchev–Trinajstić information content (AvgIpc) is 2.74. The molecule has 1 N–H and O–H groups in total. The zero-order chi connectivity index (χ0) is 22.4. The highest BCUT2D eigenvalue weighted by Crippen LogP contribution is 2.38.